The van der Waals surface area contributed by atoms with E-state index in [1.165, 1.54) is 0 Å². The Bertz CT molecular complexity index is 520. The standard InChI is InChI=1S/C11H12F3N3O2/c1-2-17(5-8(15)16-19)11(18)6-3-4-7(12)10(14)9(6)13/h3-4,19H,2,5H2,1H3,(H2,15,16). The minimum absolute atomic E-state index is 0.119. The maximum Gasteiger partial charge on any atom is 0.257 e. The lowest BCUT2D eigenvalue weighted by Gasteiger charge is -2.20. The summed E-state index contributed by atoms with van der Waals surface area (Å²) in [7, 11) is 0. The van der Waals surface area contributed by atoms with Crippen LogP contribution >= 0.6 is 0 Å². The third kappa shape index (κ3) is 3.15. The molecule has 0 fully saturated rings. The first-order valence-corrected chi connectivity index (χ1v) is 5.31. The van der Waals surface area contributed by atoms with Crippen LogP contribution in [0.3, 0.4) is 0 Å². The quantitative estimate of drug-likeness (QED) is 0.286. The Balaban J connectivity index is 3.08. The number of carbonyl (C=O) groups is 1. The second kappa shape index (κ2) is 6.07. The van der Waals surface area contributed by atoms with Gasteiger partial charge in [-0.1, -0.05) is 5.16 Å². The summed E-state index contributed by atoms with van der Waals surface area (Å²) in [6.07, 6.45) is 0. The minimum Gasteiger partial charge on any atom is -0.409 e. The molecule has 1 aromatic carbocycles. The van der Waals surface area contributed by atoms with Crippen molar-refractivity contribution in [1.82, 2.24) is 4.90 Å². The average Bonchev–Trinajstić information content (AvgIpc) is 2.41. The van der Waals surface area contributed by atoms with E-state index in [0.29, 0.717) is 6.07 Å². The summed E-state index contributed by atoms with van der Waals surface area (Å²) in [6, 6.07) is 1.49. The number of carbonyl (C=O) groups excluding carboxylic acids is 1. The zero-order valence-corrected chi connectivity index (χ0v) is 10.0. The summed E-state index contributed by atoms with van der Waals surface area (Å²) < 4.78 is 39.3. The first-order chi connectivity index (χ1) is 8.92. The van der Waals surface area contributed by atoms with Crippen LogP contribution in [-0.2, 0) is 0 Å². The number of halogens is 3. The topological polar surface area (TPSA) is 78.9 Å². The first-order valence-electron chi connectivity index (χ1n) is 5.31. The highest BCUT2D eigenvalue weighted by molar-refractivity contribution is 5.97. The van der Waals surface area contributed by atoms with E-state index < -0.39 is 28.9 Å². The van der Waals surface area contributed by atoms with E-state index in [-0.39, 0.29) is 18.9 Å². The molecular formula is C11H12F3N3O2. The maximum absolute atomic E-state index is 13.5. The number of amides is 1. The molecule has 0 saturated heterocycles. The fraction of sp³-hybridized carbons (Fsp3) is 0.273. The molecule has 0 atom stereocenters. The van der Waals surface area contributed by atoms with Crippen LogP contribution in [-0.4, -0.2) is 34.9 Å². The maximum atomic E-state index is 13.5. The molecule has 19 heavy (non-hydrogen) atoms. The number of likely N-dealkylation sites (N-methyl/N-ethyl adjacent to an activating group) is 1. The SMILES string of the molecule is CCN(CC(N)=NO)C(=O)c1ccc(F)c(F)c1F. The number of nitrogens with zero attached hydrogens (tertiary/aromatic N) is 2. The van der Waals surface area contributed by atoms with Gasteiger partial charge in [-0.25, -0.2) is 13.2 Å². The molecule has 8 heteroatoms. The molecule has 0 aliphatic rings. The van der Waals surface area contributed by atoms with Crippen LogP contribution in [0.4, 0.5) is 13.2 Å². The van der Waals surface area contributed by atoms with Crippen LogP contribution < -0.4 is 5.73 Å². The number of benzene rings is 1. The van der Waals surface area contributed by atoms with Crippen LogP contribution in [0, 0.1) is 17.5 Å². The highest BCUT2D eigenvalue weighted by Crippen LogP contribution is 2.16. The summed E-state index contributed by atoms with van der Waals surface area (Å²) in [4.78, 5) is 12.9. The minimum atomic E-state index is -1.72. The van der Waals surface area contributed by atoms with E-state index in [1.54, 1.807) is 6.92 Å². The van der Waals surface area contributed by atoms with E-state index in [0.717, 1.165) is 11.0 Å². The lowest BCUT2D eigenvalue weighted by atomic mass is 10.1. The van der Waals surface area contributed by atoms with E-state index in [4.69, 9.17) is 10.9 Å². The Morgan fingerprint density at radius 2 is 2.00 bits per heavy atom. The zero-order chi connectivity index (χ0) is 14.6. The molecule has 1 amide bonds. The first kappa shape index (κ1) is 14.8. The van der Waals surface area contributed by atoms with Gasteiger partial charge in [0.2, 0.25) is 0 Å². The molecule has 0 aliphatic carbocycles. The summed E-state index contributed by atoms with van der Waals surface area (Å²) in [5.74, 6) is -5.81. The van der Waals surface area contributed by atoms with Gasteiger partial charge in [0, 0.05) is 6.54 Å². The molecule has 104 valence electrons. The lowest BCUT2D eigenvalue weighted by molar-refractivity contribution is 0.0780. The molecular weight excluding hydrogens is 263 g/mol. The zero-order valence-electron chi connectivity index (χ0n) is 10.0. The van der Waals surface area contributed by atoms with Crippen molar-refractivity contribution in [1.29, 1.82) is 0 Å². The van der Waals surface area contributed by atoms with Crippen molar-refractivity contribution in [2.45, 2.75) is 6.92 Å². The van der Waals surface area contributed by atoms with E-state index in [2.05, 4.69) is 5.16 Å². The summed E-state index contributed by atoms with van der Waals surface area (Å²) >= 11 is 0. The highest BCUT2D eigenvalue weighted by Gasteiger charge is 2.23. The smallest absolute Gasteiger partial charge is 0.257 e. The second-order valence-electron chi connectivity index (χ2n) is 3.63. The monoisotopic (exact) mass is 275 g/mol. The Hall–Kier alpha value is -2.25. The van der Waals surface area contributed by atoms with E-state index in [1.807, 2.05) is 0 Å². The fourth-order valence-electron chi connectivity index (χ4n) is 1.42. The van der Waals surface area contributed by atoms with Crippen LogP contribution in [0.2, 0.25) is 0 Å². The van der Waals surface area contributed by atoms with Crippen molar-refractivity contribution in [2.75, 3.05) is 13.1 Å². The molecule has 3 N–H and O–H groups in total. The average molecular weight is 275 g/mol. The normalized spacial score (nSPS) is 11.5. The Morgan fingerprint density at radius 1 is 1.37 bits per heavy atom. The number of amidine groups is 1. The van der Waals surface area contributed by atoms with Crippen molar-refractivity contribution < 1.29 is 23.2 Å². The number of oxime groups is 1. The molecule has 0 bridgehead atoms. The van der Waals surface area contributed by atoms with Crippen molar-refractivity contribution in [3.63, 3.8) is 0 Å². The van der Waals surface area contributed by atoms with Crippen LogP contribution in [0.5, 0.6) is 0 Å². The van der Waals surface area contributed by atoms with Crippen molar-refractivity contribution in [3.05, 3.63) is 35.1 Å². The third-order valence-electron chi connectivity index (χ3n) is 2.42. The van der Waals surface area contributed by atoms with Gasteiger partial charge in [0.25, 0.3) is 5.91 Å². The summed E-state index contributed by atoms with van der Waals surface area (Å²) in [5, 5.41) is 11.1. The molecule has 0 radical (unpaired) electrons. The summed E-state index contributed by atoms with van der Waals surface area (Å²) in [6.45, 7) is 1.43. The predicted octanol–water partition coefficient (Wildman–Crippen LogP) is 1.31. The van der Waals surface area contributed by atoms with Gasteiger partial charge in [0.05, 0.1) is 12.1 Å². The molecule has 1 rings (SSSR count). The number of hydrogen-bond donors (Lipinski definition) is 2. The van der Waals surface area contributed by atoms with Gasteiger partial charge in [0.15, 0.2) is 23.3 Å². The number of nitrogens with two attached hydrogens (primary N) is 1. The van der Waals surface area contributed by atoms with Gasteiger partial charge < -0.3 is 15.8 Å². The Labute approximate surface area is 107 Å². The molecule has 0 saturated carbocycles. The van der Waals surface area contributed by atoms with Crippen molar-refractivity contribution >= 4 is 11.7 Å². The molecule has 0 spiro atoms. The lowest BCUT2D eigenvalue weighted by Crippen LogP contribution is -2.38. The molecule has 0 aromatic heterocycles. The molecule has 5 nitrogen and oxygen atoms in total. The largest absolute Gasteiger partial charge is 0.409 e. The van der Waals surface area contributed by atoms with E-state index >= 15 is 0 Å². The number of rotatable bonds is 4. The van der Waals surface area contributed by atoms with Gasteiger partial charge in [-0.05, 0) is 19.1 Å². The van der Waals surface area contributed by atoms with Gasteiger partial charge in [-0.2, -0.15) is 0 Å². The third-order valence-corrected chi connectivity index (χ3v) is 2.42. The number of hydrogen-bond acceptors (Lipinski definition) is 3. The van der Waals surface area contributed by atoms with Crippen molar-refractivity contribution in [3.8, 4) is 0 Å². The Morgan fingerprint density at radius 3 is 2.53 bits per heavy atom. The van der Waals surface area contributed by atoms with Crippen molar-refractivity contribution in [2.24, 2.45) is 10.9 Å². The van der Waals surface area contributed by atoms with E-state index in [9.17, 15) is 18.0 Å². The van der Waals surface area contributed by atoms with Crippen LogP contribution in [0.1, 0.15) is 17.3 Å². The fourth-order valence-corrected chi connectivity index (χ4v) is 1.42. The van der Waals surface area contributed by atoms with Crippen LogP contribution in [0.25, 0.3) is 0 Å². The predicted molar refractivity (Wildman–Crippen MR) is 61.3 cm³/mol. The Kier molecular flexibility index (Phi) is 4.74. The van der Waals surface area contributed by atoms with Gasteiger partial charge in [-0.3, -0.25) is 4.79 Å². The molecule has 1 aromatic rings. The van der Waals surface area contributed by atoms with Crippen LogP contribution in [0.15, 0.2) is 17.3 Å². The van der Waals surface area contributed by atoms with Gasteiger partial charge >= 0.3 is 0 Å². The van der Waals surface area contributed by atoms with Gasteiger partial charge in [0.1, 0.15) is 0 Å². The molecule has 0 aliphatic heterocycles. The molecule has 0 unspecified atom stereocenters. The summed E-state index contributed by atoms with van der Waals surface area (Å²) in [5.41, 5.74) is 4.62. The second-order valence-corrected chi connectivity index (χ2v) is 3.63. The molecule has 0 heterocycles. The van der Waals surface area contributed by atoms with Gasteiger partial charge in [-0.15, -0.1) is 0 Å². The highest BCUT2D eigenvalue weighted by atomic mass is 19.2.